The first-order valence-electron chi connectivity index (χ1n) is 12.5. The van der Waals surface area contributed by atoms with E-state index in [1.165, 1.54) is 21.6 Å². The fourth-order valence-corrected chi connectivity index (χ4v) is 6.29. The van der Waals surface area contributed by atoms with Crippen molar-refractivity contribution in [1.82, 2.24) is 10.2 Å². The number of aliphatic carboxylic acids is 1. The Morgan fingerprint density at radius 1 is 0.842 bits per heavy atom. The van der Waals surface area contributed by atoms with Gasteiger partial charge >= 0.3 is 12.1 Å². The van der Waals surface area contributed by atoms with Gasteiger partial charge in [-0.25, -0.2) is 14.5 Å². The summed E-state index contributed by atoms with van der Waals surface area (Å²) in [7, 11) is 2.51. The lowest BCUT2D eigenvalue weighted by atomic mass is 10.0. The van der Waals surface area contributed by atoms with Crippen molar-refractivity contribution < 1.29 is 29.4 Å². The molecule has 2 rings (SSSR count). The fraction of sp³-hybridized carbons (Fsp3) is 0.429. The number of benzene rings is 2. The van der Waals surface area contributed by atoms with E-state index in [4.69, 9.17) is 0 Å². The number of carboxylic acid groups (broad SMARTS) is 2. The summed E-state index contributed by atoms with van der Waals surface area (Å²) in [6, 6.07) is 9.64. The topological polar surface area (TPSA) is 124 Å². The van der Waals surface area contributed by atoms with Crippen molar-refractivity contribution in [1.29, 1.82) is 0 Å². The molecule has 2 aromatic rings. The Morgan fingerprint density at radius 3 is 1.84 bits per heavy atom. The van der Waals surface area contributed by atoms with Crippen LogP contribution in [-0.4, -0.2) is 51.6 Å². The third-order valence-electron chi connectivity index (χ3n) is 5.85. The van der Waals surface area contributed by atoms with Crippen LogP contribution >= 0.6 is 21.6 Å². The molecule has 0 aliphatic heterocycles. The number of nitrogens with one attached hydrogen (secondary N) is 1. The summed E-state index contributed by atoms with van der Waals surface area (Å²) in [4.78, 5) is 52.2. The molecular weight excluding hydrogens is 524 g/mol. The molecule has 38 heavy (non-hydrogen) atoms. The van der Waals surface area contributed by atoms with E-state index in [1.807, 2.05) is 27.7 Å². The molecule has 0 heterocycles. The zero-order chi connectivity index (χ0) is 28.6. The Balaban J connectivity index is 2.36. The number of hydrogen-bond donors (Lipinski definition) is 3. The van der Waals surface area contributed by atoms with E-state index >= 15 is 0 Å². The first-order chi connectivity index (χ1) is 17.8. The minimum absolute atomic E-state index is 0.0841. The molecule has 2 aromatic carbocycles. The van der Waals surface area contributed by atoms with Crippen molar-refractivity contribution in [2.24, 2.45) is 11.8 Å². The van der Waals surface area contributed by atoms with Crippen molar-refractivity contribution >= 4 is 45.5 Å². The summed E-state index contributed by atoms with van der Waals surface area (Å²) < 4.78 is 0. The number of rotatable bonds is 12. The molecule has 0 aliphatic rings. The molecule has 0 aromatic heterocycles. The van der Waals surface area contributed by atoms with Crippen LogP contribution < -0.4 is 5.32 Å². The summed E-state index contributed by atoms with van der Waals surface area (Å²) in [5, 5.41) is 21.9. The van der Waals surface area contributed by atoms with Crippen molar-refractivity contribution in [2.45, 2.75) is 70.2 Å². The Kier molecular flexibility index (Phi) is 11.7. The van der Waals surface area contributed by atoms with Gasteiger partial charge in [-0.2, -0.15) is 0 Å². The smallest absolute Gasteiger partial charge is 0.414 e. The molecule has 0 fully saturated rings. The van der Waals surface area contributed by atoms with Crippen LogP contribution in [0.3, 0.4) is 0 Å². The minimum atomic E-state index is -1.30. The number of aryl methyl sites for hydroxylation is 2. The average Bonchev–Trinajstić information content (AvgIpc) is 2.81. The number of amides is 3. The highest BCUT2D eigenvalue weighted by molar-refractivity contribution is 8.76. The lowest BCUT2D eigenvalue weighted by molar-refractivity contribution is -0.139. The molecular formula is C28H36N2O6S2. The van der Waals surface area contributed by atoms with Crippen molar-refractivity contribution in [3.8, 4) is 0 Å². The summed E-state index contributed by atoms with van der Waals surface area (Å²) in [5.74, 6) is -1.84. The van der Waals surface area contributed by atoms with Crippen molar-refractivity contribution in [2.75, 3.05) is 6.54 Å². The third-order valence-corrected chi connectivity index (χ3v) is 8.30. The first-order valence-corrected chi connectivity index (χ1v) is 14.6. The number of carbonyl (C=O) groups is 4. The van der Waals surface area contributed by atoms with Crippen LogP contribution in [0, 0.1) is 25.7 Å². The van der Waals surface area contributed by atoms with Gasteiger partial charge in [-0.1, -0.05) is 73.5 Å². The molecule has 0 spiro atoms. The molecule has 1 atom stereocenters. The first kappa shape index (κ1) is 31.2. The summed E-state index contributed by atoms with van der Waals surface area (Å²) >= 11 is 0. The monoisotopic (exact) mass is 560 g/mol. The van der Waals surface area contributed by atoms with Gasteiger partial charge in [0, 0.05) is 16.3 Å². The number of carboxylic acids is 1. The van der Waals surface area contributed by atoms with Crippen LogP contribution in [0.5, 0.6) is 0 Å². The lowest BCUT2D eigenvalue weighted by Crippen LogP contribution is -2.42. The highest BCUT2D eigenvalue weighted by atomic mass is 33.1. The highest BCUT2D eigenvalue weighted by Crippen LogP contribution is 2.42. The van der Waals surface area contributed by atoms with E-state index in [-0.39, 0.29) is 18.4 Å². The average molecular weight is 561 g/mol. The maximum atomic E-state index is 13.4. The van der Waals surface area contributed by atoms with Crippen molar-refractivity contribution in [3.05, 3.63) is 58.7 Å². The van der Waals surface area contributed by atoms with Gasteiger partial charge in [0.1, 0.15) is 6.04 Å². The fourth-order valence-electron chi connectivity index (χ4n) is 3.81. The molecule has 3 amide bonds. The quantitative estimate of drug-likeness (QED) is 0.251. The molecule has 0 aliphatic carbocycles. The predicted octanol–water partition coefficient (Wildman–Crippen LogP) is 6.50. The maximum Gasteiger partial charge on any atom is 0.414 e. The molecule has 206 valence electrons. The van der Waals surface area contributed by atoms with Crippen LogP contribution in [0.2, 0.25) is 0 Å². The molecule has 8 nitrogen and oxygen atoms in total. The van der Waals surface area contributed by atoms with E-state index < -0.39 is 29.9 Å². The van der Waals surface area contributed by atoms with Crippen molar-refractivity contribution in [3.63, 3.8) is 0 Å². The van der Waals surface area contributed by atoms with E-state index in [2.05, 4.69) is 5.32 Å². The second-order valence-electron chi connectivity index (χ2n) is 9.98. The standard InChI is InChI=1S/C28H36N2O6S2/c1-16(2)13-14-30(28(35)36)26(32)24-19(6)10-8-12-22(24)38-37-21-11-7-9-18(5)23(21)25(31)29-20(27(33)34)15-17(3)4/h7-12,16-17,20H,13-15H2,1-6H3,(H,29,31)(H,33,34)(H,35,36). The van der Waals surface area contributed by atoms with Gasteiger partial charge in [0.15, 0.2) is 0 Å². The van der Waals surface area contributed by atoms with Gasteiger partial charge in [-0.05, 0) is 61.8 Å². The molecule has 0 bridgehead atoms. The Hall–Kier alpha value is -2.98. The van der Waals surface area contributed by atoms with Gasteiger partial charge in [0.2, 0.25) is 0 Å². The second kappa shape index (κ2) is 14.2. The number of carbonyl (C=O) groups excluding carboxylic acids is 2. The Bertz CT molecular complexity index is 1180. The van der Waals surface area contributed by atoms with Gasteiger partial charge in [-0.15, -0.1) is 0 Å². The zero-order valence-electron chi connectivity index (χ0n) is 22.6. The lowest BCUT2D eigenvalue weighted by Gasteiger charge is -2.21. The summed E-state index contributed by atoms with van der Waals surface area (Å²) in [5.41, 5.74) is 2.01. The van der Waals surface area contributed by atoms with E-state index in [9.17, 15) is 29.4 Å². The van der Waals surface area contributed by atoms with Crippen LogP contribution in [0.4, 0.5) is 4.79 Å². The third kappa shape index (κ3) is 8.52. The SMILES string of the molecule is Cc1cccc(SSc2cccc(C)c2C(=O)N(CCC(C)C)C(=O)O)c1C(=O)NC(CC(C)C)C(=O)O. The maximum absolute atomic E-state index is 13.4. The zero-order valence-corrected chi connectivity index (χ0v) is 24.2. The van der Waals surface area contributed by atoms with Crippen LogP contribution in [0.1, 0.15) is 72.4 Å². The van der Waals surface area contributed by atoms with Gasteiger partial charge in [0.25, 0.3) is 11.8 Å². The Labute approximate surface area is 232 Å². The molecule has 10 heteroatoms. The molecule has 0 saturated heterocycles. The summed E-state index contributed by atoms with van der Waals surface area (Å²) in [6.07, 6.45) is -0.443. The van der Waals surface area contributed by atoms with Gasteiger partial charge in [0.05, 0.1) is 11.1 Å². The van der Waals surface area contributed by atoms with Gasteiger partial charge in [-0.3, -0.25) is 9.59 Å². The molecule has 0 radical (unpaired) electrons. The number of nitrogens with zero attached hydrogens (tertiary/aromatic N) is 1. The highest BCUT2D eigenvalue weighted by Gasteiger charge is 2.27. The normalized spacial score (nSPS) is 11.9. The summed E-state index contributed by atoms with van der Waals surface area (Å²) in [6.45, 7) is 11.4. The van der Waals surface area contributed by atoms with E-state index in [1.54, 1.807) is 50.2 Å². The van der Waals surface area contributed by atoms with Crippen LogP contribution in [0.15, 0.2) is 46.2 Å². The van der Waals surface area contributed by atoms with E-state index in [0.29, 0.717) is 44.9 Å². The van der Waals surface area contributed by atoms with Crippen LogP contribution in [-0.2, 0) is 4.79 Å². The van der Waals surface area contributed by atoms with E-state index in [0.717, 1.165) is 4.90 Å². The molecule has 3 N–H and O–H groups in total. The minimum Gasteiger partial charge on any atom is -0.480 e. The van der Waals surface area contributed by atoms with Crippen LogP contribution in [0.25, 0.3) is 0 Å². The molecule has 0 saturated carbocycles. The molecule has 1 unspecified atom stereocenters. The van der Waals surface area contributed by atoms with Gasteiger partial charge < -0.3 is 15.5 Å². The second-order valence-corrected chi connectivity index (χ2v) is 12.2. The Morgan fingerprint density at radius 2 is 1.37 bits per heavy atom. The number of hydrogen-bond acceptors (Lipinski definition) is 6. The number of imide groups is 1. The largest absolute Gasteiger partial charge is 0.480 e. The predicted molar refractivity (Wildman–Crippen MR) is 151 cm³/mol.